The third-order valence-corrected chi connectivity index (χ3v) is 5.52. The van der Waals surface area contributed by atoms with Crippen LogP contribution >= 0.6 is 0 Å². The third-order valence-electron chi connectivity index (χ3n) is 5.52. The first-order valence-electron chi connectivity index (χ1n) is 9.84. The molecule has 0 unspecified atom stereocenters. The number of rotatable bonds is 3. The average molecular weight is 411 g/mol. The summed E-state index contributed by atoms with van der Waals surface area (Å²) < 4.78 is 19.2. The highest BCUT2D eigenvalue weighted by Crippen LogP contribution is 2.35. The maximum absolute atomic E-state index is 13.6. The molecule has 4 rings (SSSR count). The zero-order chi connectivity index (χ0) is 21.4. The molecule has 0 spiro atoms. The normalized spacial score (nSPS) is 17.8. The predicted molar refractivity (Wildman–Crippen MR) is 110 cm³/mol. The van der Waals surface area contributed by atoms with E-state index < -0.39 is 11.9 Å². The number of benzene rings is 1. The van der Waals surface area contributed by atoms with Crippen molar-refractivity contribution in [3.05, 3.63) is 46.5 Å². The molecule has 1 aromatic heterocycles. The number of anilines is 1. The van der Waals surface area contributed by atoms with E-state index in [-0.39, 0.29) is 17.7 Å². The molecule has 0 atom stereocenters. The van der Waals surface area contributed by atoms with Gasteiger partial charge in [0.05, 0.1) is 11.3 Å². The highest BCUT2D eigenvalue weighted by atomic mass is 19.1. The van der Waals surface area contributed by atoms with Gasteiger partial charge < -0.3 is 20.4 Å². The van der Waals surface area contributed by atoms with E-state index >= 15 is 0 Å². The van der Waals surface area contributed by atoms with Crippen LogP contribution in [0.2, 0.25) is 0 Å². The molecule has 8 heteroatoms. The molecule has 2 aliphatic rings. The predicted octanol–water partition coefficient (Wildman–Crippen LogP) is 3.86. The van der Waals surface area contributed by atoms with Crippen molar-refractivity contribution in [2.75, 3.05) is 5.32 Å². The van der Waals surface area contributed by atoms with Gasteiger partial charge in [-0.2, -0.15) is 0 Å². The van der Waals surface area contributed by atoms with E-state index in [1.807, 2.05) is 0 Å². The number of halogens is 1. The van der Waals surface area contributed by atoms with E-state index in [9.17, 15) is 18.8 Å². The van der Waals surface area contributed by atoms with Gasteiger partial charge in [-0.15, -0.1) is 0 Å². The van der Waals surface area contributed by atoms with Crippen molar-refractivity contribution in [3.8, 4) is 5.75 Å². The number of fused-ring (bicyclic) bond motifs is 1. The topological polar surface area (TPSA) is 100 Å². The Morgan fingerprint density at radius 2 is 1.97 bits per heavy atom. The van der Waals surface area contributed by atoms with Crippen LogP contribution < -0.4 is 15.4 Å². The van der Waals surface area contributed by atoms with E-state index in [0.29, 0.717) is 65.2 Å². The molecule has 1 aromatic carbocycles. The van der Waals surface area contributed by atoms with Crippen LogP contribution in [0.15, 0.2) is 18.2 Å². The maximum Gasteiger partial charge on any atom is 0.412 e. The summed E-state index contributed by atoms with van der Waals surface area (Å²) in [5, 5.41) is 5.51. The minimum atomic E-state index is -0.579. The lowest BCUT2D eigenvalue weighted by molar-refractivity contribution is -0.120. The van der Waals surface area contributed by atoms with Crippen LogP contribution in [0.3, 0.4) is 0 Å². The van der Waals surface area contributed by atoms with Crippen LogP contribution in [-0.2, 0) is 9.59 Å². The van der Waals surface area contributed by atoms with Gasteiger partial charge in [-0.05, 0) is 51.0 Å². The van der Waals surface area contributed by atoms with Gasteiger partial charge in [-0.1, -0.05) is 0 Å². The second-order valence-electron chi connectivity index (χ2n) is 7.67. The lowest BCUT2D eigenvalue weighted by Crippen LogP contribution is -2.39. The van der Waals surface area contributed by atoms with Gasteiger partial charge in [-0.3, -0.25) is 9.59 Å². The van der Waals surface area contributed by atoms with Crippen molar-refractivity contribution >= 4 is 35.1 Å². The number of ether oxygens (including phenoxy) is 1. The van der Waals surface area contributed by atoms with Crippen LogP contribution in [0.1, 0.15) is 48.2 Å². The van der Waals surface area contributed by atoms with E-state index in [2.05, 4.69) is 15.6 Å². The molecule has 2 aromatic rings. The van der Waals surface area contributed by atoms with Gasteiger partial charge in [0.2, 0.25) is 0 Å². The minimum absolute atomic E-state index is 0.0788. The lowest BCUT2D eigenvalue weighted by atomic mass is 9.95. The molecule has 156 valence electrons. The largest absolute Gasteiger partial charge is 0.412 e. The van der Waals surface area contributed by atoms with Gasteiger partial charge in [0, 0.05) is 41.4 Å². The molecule has 3 N–H and O–H groups in total. The van der Waals surface area contributed by atoms with E-state index in [0.717, 1.165) is 0 Å². The van der Waals surface area contributed by atoms with Crippen LogP contribution in [0.25, 0.3) is 11.6 Å². The first kappa shape index (κ1) is 19.9. The van der Waals surface area contributed by atoms with Crippen LogP contribution in [-0.4, -0.2) is 28.8 Å². The number of hydrogen-bond donors (Lipinski definition) is 3. The zero-order valence-corrected chi connectivity index (χ0v) is 16.7. The van der Waals surface area contributed by atoms with E-state index in [1.165, 1.54) is 18.2 Å². The molecule has 0 radical (unpaired) electrons. The maximum atomic E-state index is 13.6. The third kappa shape index (κ3) is 3.85. The quantitative estimate of drug-likeness (QED) is 0.668. The summed E-state index contributed by atoms with van der Waals surface area (Å²) in [5.74, 6) is -0.159. The Labute approximate surface area is 172 Å². The SMILES string of the molecule is Cc1[nH]c(/C=C2\C(=O)Nc3ccc(F)cc32)c(C)c1OC(=O)NC1CCC(=O)CC1. The summed E-state index contributed by atoms with van der Waals surface area (Å²) in [4.78, 5) is 39.1. The monoisotopic (exact) mass is 411 g/mol. The van der Waals surface area contributed by atoms with Crippen molar-refractivity contribution < 1.29 is 23.5 Å². The van der Waals surface area contributed by atoms with Crippen molar-refractivity contribution in [3.63, 3.8) is 0 Å². The smallest absolute Gasteiger partial charge is 0.408 e. The fourth-order valence-corrected chi connectivity index (χ4v) is 3.87. The summed E-state index contributed by atoms with van der Waals surface area (Å²) in [6.07, 6.45) is 3.21. The number of carbonyl (C=O) groups excluding carboxylic acids is 3. The molecule has 7 nitrogen and oxygen atoms in total. The number of amides is 2. The Bertz CT molecular complexity index is 1080. The fourth-order valence-electron chi connectivity index (χ4n) is 3.87. The van der Waals surface area contributed by atoms with Crippen molar-refractivity contribution in [2.45, 2.75) is 45.6 Å². The average Bonchev–Trinajstić information content (AvgIpc) is 3.14. The number of aromatic nitrogens is 1. The molecule has 2 amide bonds. The highest BCUT2D eigenvalue weighted by Gasteiger charge is 2.26. The Kier molecular flexibility index (Phi) is 5.15. The fraction of sp³-hybridized carbons (Fsp3) is 0.318. The van der Waals surface area contributed by atoms with Gasteiger partial charge in [0.15, 0.2) is 5.75 Å². The number of carbonyl (C=O) groups is 3. The Balaban J connectivity index is 1.54. The molecule has 2 heterocycles. The number of Topliss-reactive ketones (excluding diaryl/α,β-unsaturated/α-hetero) is 1. The summed E-state index contributed by atoms with van der Waals surface area (Å²) in [6.45, 7) is 3.54. The number of ketones is 1. The summed E-state index contributed by atoms with van der Waals surface area (Å²) in [7, 11) is 0. The first-order chi connectivity index (χ1) is 14.3. The number of nitrogens with one attached hydrogen (secondary N) is 3. The van der Waals surface area contributed by atoms with E-state index in [1.54, 1.807) is 19.9 Å². The summed E-state index contributed by atoms with van der Waals surface area (Å²) >= 11 is 0. The second-order valence-corrected chi connectivity index (χ2v) is 7.67. The summed E-state index contributed by atoms with van der Waals surface area (Å²) in [5.41, 5.74) is 3.25. The molecular formula is C22H22FN3O4. The number of aryl methyl sites for hydroxylation is 1. The van der Waals surface area contributed by atoms with Crippen molar-refractivity contribution in [1.29, 1.82) is 0 Å². The van der Waals surface area contributed by atoms with Gasteiger partial charge >= 0.3 is 6.09 Å². The van der Waals surface area contributed by atoms with Gasteiger partial charge in [-0.25, -0.2) is 9.18 Å². The summed E-state index contributed by atoms with van der Waals surface area (Å²) in [6, 6.07) is 4.04. The molecule has 0 saturated heterocycles. The molecule has 1 fully saturated rings. The minimum Gasteiger partial charge on any atom is -0.408 e. The van der Waals surface area contributed by atoms with Crippen LogP contribution in [0, 0.1) is 19.7 Å². The van der Waals surface area contributed by atoms with Crippen LogP contribution in [0.4, 0.5) is 14.9 Å². The first-order valence-corrected chi connectivity index (χ1v) is 9.84. The Hall–Kier alpha value is -3.42. The van der Waals surface area contributed by atoms with Crippen LogP contribution in [0.5, 0.6) is 5.75 Å². The highest BCUT2D eigenvalue weighted by molar-refractivity contribution is 6.34. The second kappa shape index (κ2) is 7.78. The molecule has 30 heavy (non-hydrogen) atoms. The van der Waals surface area contributed by atoms with Crippen molar-refractivity contribution in [1.82, 2.24) is 10.3 Å². The Morgan fingerprint density at radius 3 is 2.70 bits per heavy atom. The molecular weight excluding hydrogens is 389 g/mol. The van der Waals surface area contributed by atoms with Gasteiger partial charge in [0.25, 0.3) is 5.91 Å². The van der Waals surface area contributed by atoms with Gasteiger partial charge in [0.1, 0.15) is 11.6 Å². The van der Waals surface area contributed by atoms with Crippen molar-refractivity contribution in [2.24, 2.45) is 0 Å². The van der Waals surface area contributed by atoms with E-state index in [4.69, 9.17) is 4.74 Å². The standard InChI is InChI=1S/C22H22FN3O4/c1-11-19(10-17-16-9-13(23)3-8-18(16)26-21(17)28)24-12(2)20(11)30-22(29)25-14-4-6-15(27)7-5-14/h3,8-10,14,24H,4-7H2,1-2H3,(H,25,29)(H,26,28)/b17-10-. The molecule has 1 aliphatic carbocycles. The number of aromatic amines is 1. The zero-order valence-electron chi connectivity index (χ0n) is 16.7. The molecule has 1 saturated carbocycles. The molecule has 1 aliphatic heterocycles. The lowest BCUT2D eigenvalue weighted by Gasteiger charge is -2.21. The number of H-pyrrole nitrogens is 1. The molecule has 0 bridgehead atoms. The Morgan fingerprint density at radius 1 is 1.23 bits per heavy atom. The number of hydrogen-bond acceptors (Lipinski definition) is 4.